The molecular weight excluding hydrogens is 264 g/mol. The highest BCUT2D eigenvalue weighted by Crippen LogP contribution is 2.15. The number of nitrogens with one attached hydrogen (secondary N) is 2. The number of carbonyl (C=O) groups is 1. The van der Waals surface area contributed by atoms with Crippen molar-refractivity contribution in [1.29, 1.82) is 0 Å². The van der Waals surface area contributed by atoms with Crippen molar-refractivity contribution in [2.24, 2.45) is 0 Å². The molecule has 0 aliphatic carbocycles. The molecule has 0 saturated heterocycles. The van der Waals surface area contributed by atoms with Crippen LogP contribution in [-0.2, 0) is 14.6 Å². The number of benzene rings is 1. The molecule has 0 aromatic heterocycles. The smallest absolute Gasteiger partial charge is 0.225 e. The average molecular weight is 284 g/mol. The molecule has 1 aromatic rings. The monoisotopic (exact) mass is 284 g/mol. The van der Waals surface area contributed by atoms with Crippen molar-refractivity contribution in [3.8, 4) is 0 Å². The fourth-order valence-corrected chi connectivity index (χ4v) is 2.17. The topological polar surface area (TPSA) is 75.3 Å². The summed E-state index contributed by atoms with van der Waals surface area (Å²) in [7, 11) is -3.25. The highest BCUT2D eigenvalue weighted by molar-refractivity contribution is 7.90. The first-order chi connectivity index (χ1) is 8.79. The van der Waals surface area contributed by atoms with Gasteiger partial charge in [-0.3, -0.25) is 4.79 Å². The maximum absolute atomic E-state index is 11.7. The van der Waals surface area contributed by atoms with Crippen LogP contribution in [0.25, 0.3) is 0 Å². The molecule has 0 heterocycles. The van der Waals surface area contributed by atoms with Gasteiger partial charge in [-0.15, -0.1) is 0 Å². The van der Waals surface area contributed by atoms with Crippen molar-refractivity contribution in [2.45, 2.75) is 31.2 Å². The Balaban J connectivity index is 2.60. The van der Waals surface area contributed by atoms with Crippen LogP contribution in [0.5, 0.6) is 0 Å². The maximum Gasteiger partial charge on any atom is 0.225 e. The van der Waals surface area contributed by atoms with Gasteiger partial charge in [-0.2, -0.15) is 0 Å². The molecule has 0 spiro atoms. The van der Waals surface area contributed by atoms with E-state index >= 15 is 0 Å². The Morgan fingerprint density at radius 2 is 2.00 bits per heavy atom. The second-order valence-electron chi connectivity index (χ2n) is 4.71. The summed E-state index contributed by atoms with van der Waals surface area (Å²) in [5.74, 6) is -0.140. The van der Waals surface area contributed by atoms with Crippen LogP contribution in [0, 0.1) is 0 Å². The highest BCUT2D eigenvalue weighted by atomic mass is 32.2. The van der Waals surface area contributed by atoms with E-state index in [0.717, 1.165) is 6.26 Å². The number of rotatable bonds is 6. The van der Waals surface area contributed by atoms with Crippen molar-refractivity contribution in [1.82, 2.24) is 5.32 Å². The Morgan fingerprint density at radius 1 is 1.32 bits per heavy atom. The molecule has 19 heavy (non-hydrogen) atoms. The summed E-state index contributed by atoms with van der Waals surface area (Å²) in [5, 5.41) is 5.83. The molecule has 106 valence electrons. The molecule has 0 aliphatic rings. The summed E-state index contributed by atoms with van der Waals surface area (Å²) >= 11 is 0. The minimum atomic E-state index is -3.25. The minimum absolute atomic E-state index is 0.140. The molecule has 1 rings (SSSR count). The van der Waals surface area contributed by atoms with Crippen LogP contribution in [0.3, 0.4) is 0 Å². The zero-order valence-electron chi connectivity index (χ0n) is 11.4. The van der Waals surface area contributed by atoms with E-state index in [4.69, 9.17) is 0 Å². The Hall–Kier alpha value is -1.40. The maximum atomic E-state index is 11.7. The van der Waals surface area contributed by atoms with E-state index in [1.165, 1.54) is 12.1 Å². The van der Waals surface area contributed by atoms with Gasteiger partial charge in [-0.1, -0.05) is 19.9 Å². The fraction of sp³-hybridized carbons (Fsp3) is 0.462. The molecule has 0 atom stereocenters. The number of amides is 1. The second kappa shape index (κ2) is 6.68. The quantitative estimate of drug-likeness (QED) is 0.828. The van der Waals surface area contributed by atoms with Crippen LogP contribution in [-0.4, -0.2) is 33.2 Å². The van der Waals surface area contributed by atoms with Crippen LogP contribution in [0.1, 0.15) is 20.3 Å². The van der Waals surface area contributed by atoms with Crippen molar-refractivity contribution < 1.29 is 13.2 Å². The van der Waals surface area contributed by atoms with E-state index < -0.39 is 9.84 Å². The van der Waals surface area contributed by atoms with E-state index in [2.05, 4.69) is 10.6 Å². The summed E-state index contributed by atoms with van der Waals surface area (Å²) in [6.45, 7) is 4.61. The van der Waals surface area contributed by atoms with Gasteiger partial charge in [-0.25, -0.2) is 8.42 Å². The SMILES string of the molecule is CC(C)NCCC(=O)Nc1cccc(S(C)(=O)=O)c1. The third kappa shape index (κ3) is 5.85. The van der Waals surface area contributed by atoms with E-state index in [-0.39, 0.29) is 10.8 Å². The third-order valence-corrected chi connectivity index (χ3v) is 3.56. The third-order valence-electron chi connectivity index (χ3n) is 2.45. The minimum Gasteiger partial charge on any atom is -0.326 e. The summed E-state index contributed by atoms with van der Waals surface area (Å²) in [6, 6.07) is 6.58. The van der Waals surface area contributed by atoms with Crippen LogP contribution < -0.4 is 10.6 Å². The molecule has 0 aliphatic heterocycles. The zero-order chi connectivity index (χ0) is 14.5. The van der Waals surface area contributed by atoms with Crippen LogP contribution in [0.4, 0.5) is 5.69 Å². The predicted molar refractivity (Wildman–Crippen MR) is 75.9 cm³/mol. The van der Waals surface area contributed by atoms with Gasteiger partial charge in [0.25, 0.3) is 0 Å². The van der Waals surface area contributed by atoms with Crippen molar-refractivity contribution in [3.05, 3.63) is 24.3 Å². The molecule has 0 fully saturated rings. The van der Waals surface area contributed by atoms with Gasteiger partial charge in [0.2, 0.25) is 5.91 Å². The first-order valence-electron chi connectivity index (χ1n) is 6.12. The predicted octanol–water partition coefficient (Wildman–Crippen LogP) is 1.42. The van der Waals surface area contributed by atoms with E-state index in [0.29, 0.717) is 24.7 Å². The molecule has 5 nitrogen and oxygen atoms in total. The standard InChI is InChI=1S/C13H20N2O3S/c1-10(2)14-8-7-13(16)15-11-5-4-6-12(9-11)19(3,17)18/h4-6,9-10,14H,7-8H2,1-3H3,(H,15,16). The fourth-order valence-electron chi connectivity index (χ4n) is 1.50. The molecule has 1 aromatic carbocycles. The lowest BCUT2D eigenvalue weighted by Gasteiger charge is -2.09. The Labute approximate surface area is 114 Å². The highest BCUT2D eigenvalue weighted by Gasteiger charge is 2.08. The number of anilines is 1. The van der Waals surface area contributed by atoms with Gasteiger partial charge >= 0.3 is 0 Å². The molecular formula is C13H20N2O3S. The summed E-state index contributed by atoms with van der Waals surface area (Å²) < 4.78 is 22.8. The Morgan fingerprint density at radius 3 is 2.58 bits per heavy atom. The number of carbonyl (C=O) groups excluding carboxylic acids is 1. The lowest BCUT2D eigenvalue weighted by Crippen LogP contribution is -2.27. The van der Waals surface area contributed by atoms with Crippen LogP contribution in [0.2, 0.25) is 0 Å². The molecule has 6 heteroatoms. The van der Waals surface area contributed by atoms with Crippen molar-refractivity contribution in [3.63, 3.8) is 0 Å². The van der Waals surface area contributed by atoms with Gasteiger partial charge in [-0.05, 0) is 18.2 Å². The lowest BCUT2D eigenvalue weighted by atomic mass is 10.3. The number of sulfone groups is 1. The molecule has 2 N–H and O–H groups in total. The second-order valence-corrected chi connectivity index (χ2v) is 6.72. The Kier molecular flexibility index (Phi) is 5.50. The van der Waals surface area contributed by atoms with Gasteiger partial charge in [0, 0.05) is 31.0 Å². The lowest BCUT2D eigenvalue weighted by molar-refractivity contribution is -0.116. The normalized spacial score (nSPS) is 11.6. The first kappa shape index (κ1) is 15.7. The van der Waals surface area contributed by atoms with Crippen LogP contribution >= 0.6 is 0 Å². The van der Waals surface area contributed by atoms with Crippen molar-refractivity contribution in [2.75, 3.05) is 18.1 Å². The average Bonchev–Trinajstić information content (AvgIpc) is 2.27. The van der Waals surface area contributed by atoms with Gasteiger partial charge < -0.3 is 10.6 Å². The number of hydrogen-bond donors (Lipinski definition) is 2. The molecule has 1 amide bonds. The molecule has 0 radical (unpaired) electrons. The molecule has 0 bridgehead atoms. The van der Waals surface area contributed by atoms with Gasteiger partial charge in [0.1, 0.15) is 0 Å². The zero-order valence-corrected chi connectivity index (χ0v) is 12.3. The van der Waals surface area contributed by atoms with Gasteiger partial charge in [0.15, 0.2) is 9.84 Å². The number of hydrogen-bond acceptors (Lipinski definition) is 4. The van der Waals surface area contributed by atoms with Crippen molar-refractivity contribution >= 4 is 21.4 Å². The first-order valence-corrected chi connectivity index (χ1v) is 8.01. The largest absolute Gasteiger partial charge is 0.326 e. The molecule has 0 unspecified atom stereocenters. The van der Waals surface area contributed by atoms with Gasteiger partial charge in [0.05, 0.1) is 4.90 Å². The summed E-state index contributed by atoms with van der Waals surface area (Å²) in [4.78, 5) is 11.9. The summed E-state index contributed by atoms with van der Waals surface area (Å²) in [6.07, 6.45) is 1.49. The molecule has 0 saturated carbocycles. The van der Waals surface area contributed by atoms with E-state index in [1.807, 2.05) is 13.8 Å². The summed E-state index contributed by atoms with van der Waals surface area (Å²) in [5.41, 5.74) is 0.498. The van der Waals surface area contributed by atoms with Crippen LogP contribution in [0.15, 0.2) is 29.2 Å². The van der Waals surface area contributed by atoms with E-state index in [1.54, 1.807) is 12.1 Å². The van der Waals surface area contributed by atoms with E-state index in [9.17, 15) is 13.2 Å². The Bertz CT molecular complexity index is 539.